The highest BCUT2D eigenvalue weighted by Crippen LogP contribution is 2.27. The van der Waals surface area contributed by atoms with Crippen molar-refractivity contribution in [3.8, 4) is 5.75 Å². The van der Waals surface area contributed by atoms with Gasteiger partial charge in [-0.15, -0.1) is 6.58 Å². The second-order valence-corrected chi connectivity index (χ2v) is 6.22. The van der Waals surface area contributed by atoms with Crippen molar-refractivity contribution in [3.63, 3.8) is 0 Å². The van der Waals surface area contributed by atoms with Crippen molar-refractivity contribution in [1.82, 2.24) is 4.90 Å². The van der Waals surface area contributed by atoms with Gasteiger partial charge in [-0.05, 0) is 31.0 Å². The van der Waals surface area contributed by atoms with Crippen LogP contribution in [0.25, 0.3) is 0 Å². The topological polar surface area (TPSA) is 49.8 Å². The molecule has 1 N–H and O–H groups in total. The second-order valence-electron chi connectivity index (χ2n) is 5.79. The van der Waals surface area contributed by atoms with Crippen molar-refractivity contribution in [1.29, 1.82) is 0 Å². The quantitative estimate of drug-likeness (QED) is 0.581. The van der Waals surface area contributed by atoms with Gasteiger partial charge in [-0.3, -0.25) is 4.79 Å². The number of benzene rings is 1. The molecule has 4 nitrogen and oxygen atoms in total. The van der Waals surface area contributed by atoms with E-state index in [1.807, 2.05) is 4.90 Å². The zero-order valence-electron chi connectivity index (χ0n) is 13.3. The van der Waals surface area contributed by atoms with Crippen LogP contribution in [0.1, 0.15) is 42.5 Å². The highest BCUT2D eigenvalue weighted by molar-refractivity contribution is 6.31. The van der Waals surface area contributed by atoms with Crippen molar-refractivity contribution in [2.75, 3.05) is 19.8 Å². The van der Waals surface area contributed by atoms with Gasteiger partial charge in [0.25, 0.3) is 5.91 Å². The van der Waals surface area contributed by atoms with E-state index in [-0.39, 0.29) is 18.6 Å². The Balaban J connectivity index is 2.16. The highest BCUT2D eigenvalue weighted by Gasteiger charge is 2.27. The number of aliphatic hydroxyl groups excluding tert-OH is 1. The van der Waals surface area contributed by atoms with Gasteiger partial charge in [0, 0.05) is 36.2 Å². The Kier molecular flexibility index (Phi) is 6.93. The van der Waals surface area contributed by atoms with Gasteiger partial charge >= 0.3 is 0 Å². The van der Waals surface area contributed by atoms with Gasteiger partial charge in [-0.25, -0.2) is 0 Å². The number of carbonyl (C=O) groups excluding carboxylic acids is 1. The normalized spacial score (nSPS) is 14.7. The van der Waals surface area contributed by atoms with E-state index in [9.17, 15) is 4.79 Å². The molecule has 2 rings (SSSR count). The minimum Gasteiger partial charge on any atom is -0.493 e. The molecule has 0 saturated heterocycles. The van der Waals surface area contributed by atoms with Crippen LogP contribution in [0.15, 0.2) is 30.9 Å². The highest BCUT2D eigenvalue weighted by atomic mass is 35.5. The molecule has 23 heavy (non-hydrogen) atoms. The molecule has 1 aliphatic rings. The van der Waals surface area contributed by atoms with Crippen molar-refractivity contribution in [3.05, 3.63) is 41.4 Å². The molecule has 0 unspecified atom stereocenters. The van der Waals surface area contributed by atoms with Crippen molar-refractivity contribution in [2.24, 2.45) is 0 Å². The smallest absolute Gasteiger partial charge is 0.254 e. The van der Waals surface area contributed by atoms with Gasteiger partial charge in [0.2, 0.25) is 0 Å². The van der Waals surface area contributed by atoms with E-state index in [4.69, 9.17) is 21.4 Å². The van der Waals surface area contributed by atoms with Gasteiger partial charge in [0.15, 0.2) is 0 Å². The van der Waals surface area contributed by atoms with Gasteiger partial charge < -0.3 is 14.7 Å². The molecule has 0 bridgehead atoms. The lowest BCUT2D eigenvalue weighted by molar-refractivity contribution is 0.0706. The standard InChI is InChI=1S/C18H24ClNO3/c1-2-8-20(16-6-3-4-7-16)18(22)14-11-15(19)13-17(12-14)23-10-5-9-21/h2,11-13,16,21H,1,3-10H2. The van der Waals surface area contributed by atoms with Crippen molar-refractivity contribution in [2.45, 2.75) is 38.1 Å². The number of rotatable bonds is 8. The van der Waals surface area contributed by atoms with Crippen molar-refractivity contribution >= 4 is 17.5 Å². The third-order valence-corrected chi connectivity index (χ3v) is 4.26. The summed E-state index contributed by atoms with van der Waals surface area (Å²) in [5, 5.41) is 9.29. The number of hydrogen-bond acceptors (Lipinski definition) is 3. The molecule has 1 amide bonds. The Bertz CT molecular complexity index is 541. The lowest BCUT2D eigenvalue weighted by Gasteiger charge is -2.28. The Morgan fingerprint density at radius 3 is 2.78 bits per heavy atom. The summed E-state index contributed by atoms with van der Waals surface area (Å²) < 4.78 is 5.55. The monoisotopic (exact) mass is 337 g/mol. The first-order chi connectivity index (χ1) is 11.2. The molecule has 1 fully saturated rings. The summed E-state index contributed by atoms with van der Waals surface area (Å²) in [5.41, 5.74) is 0.533. The summed E-state index contributed by atoms with van der Waals surface area (Å²) in [4.78, 5) is 14.8. The van der Waals surface area contributed by atoms with E-state index >= 15 is 0 Å². The Labute approximate surface area is 142 Å². The summed E-state index contributed by atoms with van der Waals surface area (Å²) in [6, 6.07) is 5.35. The fourth-order valence-corrected chi connectivity index (χ4v) is 3.17. The van der Waals surface area contributed by atoms with Gasteiger partial charge in [-0.1, -0.05) is 30.5 Å². The number of halogens is 1. The summed E-state index contributed by atoms with van der Waals surface area (Å²) in [7, 11) is 0. The molecule has 1 aromatic carbocycles. The maximum Gasteiger partial charge on any atom is 0.254 e. The number of carbonyl (C=O) groups is 1. The average molecular weight is 338 g/mol. The number of nitrogens with zero attached hydrogens (tertiary/aromatic N) is 1. The number of aliphatic hydroxyl groups is 1. The molecule has 5 heteroatoms. The molecule has 126 valence electrons. The average Bonchev–Trinajstić information content (AvgIpc) is 3.06. The van der Waals surface area contributed by atoms with E-state index in [1.165, 1.54) is 0 Å². The lowest BCUT2D eigenvalue weighted by atomic mass is 10.1. The molecule has 0 atom stereocenters. The molecular formula is C18H24ClNO3. The summed E-state index contributed by atoms with van der Waals surface area (Å²) >= 11 is 6.13. The molecule has 0 aromatic heterocycles. The van der Waals surface area contributed by atoms with Crippen LogP contribution >= 0.6 is 11.6 Å². The minimum absolute atomic E-state index is 0.0358. The van der Waals surface area contributed by atoms with Crippen LogP contribution < -0.4 is 4.74 Å². The third-order valence-electron chi connectivity index (χ3n) is 4.04. The predicted molar refractivity (Wildman–Crippen MR) is 92.1 cm³/mol. The van der Waals surface area contributed by atoms with Crippen LogP contribution in [0.2, 0.25) is 5.02 Å². The molecule has 0 spiro atoms. The fraction of sp³-hybridized carbons (Fsp3) is 0.500. The molecular weight excluding hydrogens is 314 g/mol. The maximum absolute atomic E-state index is 12.9. The first-order valence-corrected chi connectivity index (χ1v) is 8.49. The third kappa shape index (κ3) is 4.98. The zero-order valence-corrected chi connectivity index (χ0v) is 14.1. The SMILES string of the molecule is C=CCN(C(=O)c1cc(Cl)cc(OCCCO)c1)C1CCCC1. The Morgan fingerprint density at radius 1 is 1.39 bits per heavy atom. The largest absolute Gasteiger partial charge is 0.493 e. The van der Waals surface area contributed by atoms with Crippen LogP contribution in [0.5, 0.6) is 5.75 Å². The first kappa shape index (κ1) is 17.8. The van der Waals surface area contributed by atoms with Crippen LogP contribution in [0, 0.1) is 0 Å². The first-order valence-electron chi connectivity index (χ1n) is 8.12. The van der Waals surface area contributed by atoms with Crippen LogP contribution in [-0.4, -0.2) is 41.7 Å². The Hall–Kier alpha value is -1.52. The minimum atomic E-state index is -0.0358. The summed E-state index contributed by atoms with van der Waals surface area (Å²) in [6.07, 6.45) is 6.72. The van der Waals surface area contributed by atoms with E-state index in [1.54, 1.807) is 24.3 Å². The maximum atomic E-state index is 12.9. The fourth-order valence-electron chi connectivity index (χ4n) is 2.94. The molecule has 0 radical (unpaired) electrons. The molecule has 1 saturated carbocycles. The molecule has 1 aliphatic carbocycles. The molecule has 0 aliphatic heterocycles. The van der Waals surface area contributed by atoms with Crippen molar-refractivity contribution < 1.29 is 14.6 Å². The second kappa shape index (κ2) is 8.94. The summed E-state index contributed by atoms with van der Waals surface area (Å²) in [6.45, 7) is 4.77. The van der Waals surface area contributed by atoms with Gasteiger partial charge in [0.05, 0.1) is 6.61 Å². The van der Waals surface area contributed by atoms with E-state index in [0.29, 0.717) is 35.9 Å². The van der Waals surface area contributed by atoms with Crippen LogP contribution in [-0.2, 0) is 0 Å². The number of amides is 1. The van der Waals surface area contributed by atoms with E-state index < -0.39 is 0 Å². The number of hydrogen-bond donors (Lipinski definition) is 1. The molecule has 1 aromatic rings. The Morgan fingerprint density at radius 2 is 2.13 bits per heavy atom. The number of ether oxygens (including phenoxy) is 1. The van der Waals surface area contributed by atoms with Gasteiger partial charge in [0.1, 0.15) is 5.75 Å². The summed E-state index contributed by atoms with van der Waals surface area (Å²) in [5.74, 6) is 0.519. The van der Waals surface area contributed by atoms with Crippen LogP contribution in [0.4, 0.5) is 0 Å². The zero-order chi connectivity index (χ0) is 16.7. The lowest BCUT2D eigenvalue weighted by Crippen LogP contribution is -2.38. The van der Waals surface area contributed by atoms with Crippen LogP contribution in [0.3, 0.4) is 0 Å². The van der Waals surface area contributed by atoms with Gasteiger partial charge in [-0.2, -0.15) is 0 Å². The van der Waals surface area contributed by atoms with E-state index in [2.05, 4.69) is 6.58 Å². The predicted octanol–water partition coefficient (Wildman–Crippen LogP) is 3.67. The molecule has 0 heterocycles. The van der Waals surface area contributed by atoms with E-state index in [0.717, 1.165) is 25.7 Å².